The summed E-state index contributed by atoms with van der Waals surface area (Å²) in [5.74, 6) is -0.507. The van der Waals surface area contributed by atoms with Crippen molar-refractivity contribution in [2.24, 2.45) is 0 Å². The highest BCUT2D eigenvalue weighted by Gasteiger charge is 2.21. The minimum Gasteiger partial charge on any atom is -0.367 e. The first kappa shape index (κ1) is 16.2. The topological polar surface area (TPSA) is 47.6 Å². The van der Waals surface area contributed by atoms with E-state index in [0.717, 1.165) is 52.2 Å². The van der Waals surface area contributed by atoms with Crippen LogP contribution in [0, 0.1) is 5.82 Å². The lowest BCUT2D eigenvalue weighted by Crippen LogP contribution is -2.46. The molecule has 126 valence electrons. The van der Waals surface area contributed by atoms with Gasteiger partial charge in [0.15, 0.2) is 0 Å². The zero-order valence-corrected chi connectivity index (χ0v) is 13.6. The van der Waals surface area contributed by atoms with Crippen LogP contribution in [0.15, 0.2) is 18.2 Å². The van der Waals surface area contributed by atoms with Crippen molar-refractivity contribution in [3.8, 4) is 0 Å². The Morgan fingerprint density at radius 3 is 2.74 bits per heavy atom. The Balaban J connectivity index is 1.64. The van der Waals surface area contributed by atoms with Crippen LogP contribution >= 0.6 is 0 Å². The second kappa shape index (κ2) is 7.27. The number of carbonyl (C=O) groups is 1. The highest BCUT2D eigenvalue weighted by Crippen LogP contribution is 2.22. The maximum atomic E-state index is 14.4. The van der Waals surface area contributed by atoms with Gasteiger partial charge in [-0.3, -0.25) is 4.79 Å². The number of benzene rings is 1. The fourth-order valence-electron chi connectivity index (χ4n) is 3.26. The smallest absolute Gasteiger partial charge is 0.251 e. The van der Waals surface area contributed by atoms with E-state index in [1.807, 2.05) is 0 Å². The van der Waals surface area contributed by atoms with E-state index < -0.39 is 0 Å². The second-order valence-corrected chi connectivity index (χ2v) is 6.25. The van der Waals surface area contributed by atoms with Crippen molar-refractivity contribution in [1.29, 1.82) is 0 Å². The lowest BCUT2D eigenvalue weighted by atomic mass is 10.1. The van der Waals surface area contributed by atoms with Crippen LogP contribution in [-0.4, -0.2) is 62.7 Å². The molecule has 5 nitrogen and oxygen atoms in total. The van der Waals surface area contributed by atoms with Crippen molar-refractivity contribution in [1.82, 2.24) is 15.5 Å². The largest absolute Gasteiger partial charge is 0.367 e. The van der Waals surface area contributed by atoms with Crippen LogP contribution in [0.4, 0.5) is 10.1 Å². The van der Waals surface area contributed by atoms with Crippen LogP contribution < -0.4 is 15.5 Å². The molecule has 2 aliphatic heterocycles. The Kier molecular flexibility index (Phi) is 5.13. The quantitative estimate of drug-likeness (QED) is 0.871. The standard InChI is InChI=1S/C17H25FN4O/c1-2-21-7-9-22(10-8-21)16-4-3-13(11-15(16)18)17(23)20-14-5-6-19-12-14/h3-4,11,14,19H,2,5-10,12H2,1H3,(H,20,23). The minimum absolute atomic E-state index is 0.146. The summed E-state index contributed by atoms with van der Waals surface area (Å²) >= 11 is 0. The third kappa shape index (κ3) is 3.82. The van der Waals surface area contributed by atoms with Gasteiger partial charge in [-0.1, -0.05) is 6.92 Å². The summed E-state index contributed by atoms with van der Waals surface area (Å²) < 4.78 is 14.4. The summed E-state index contributed by atoms with van der Waals surface area (Å²) in [7, 11) is 0. The Hall–Kier alpha value is -1.66. The second-order valence-electron chi connectivity index (χ2n) is 6.25. The Morgan fingerprint density at radius 1 is 1.35 bits per heavy atom. The van der Waals surface area contributed by atoms with E-state index in [9.17, 15) is 9.18 Å². The molecule has 1 unspecified atom stereocenters. The van der Waals surface area contributed by atoms with Gasteiger partial charge in [0.2, 0.25) is 0 Å². The van der Waals surface area contributed by atoms with Crippen molar-refractivity contribution in [3.05, 3.63) is 29.6 Å². The summed E-state index contributed by atoms with van der Waals surface area (Å²) in [5, 5.41) is 6.15. The van der Waals surface area contributed by atoms with Crippen molar-refractivity contribution >= 4 is 11.6 Å². The molecule has 0 bridgehead atoms. The summed E-state index contributed by atoms with van der Waals surface area (Å²) in [5.41, 5.74) is 0.991. The van der Waals surface area contributed by atoms with Crippen molar-refractivity contribution in [2.75, 3.05) is 50.7 Å². The molecule has 1 aromatic carbocycles. The predicted molar refractivity (Wildman–Crippen MR) is 89.5 cm³/mol. The molecule has 0 saturated carbocycles. The van der Waals surface area contributed by atoms with Gasteiger partial charge < -0.3 is 20.4 Å². The van der Waals surface area contributed by atoms with Gasteiger partial charge in [0.1, 0.15) is 5.82 Å². The van der Waals surface area contributed by atoms with Crippen LogP contribution in [0.2, 0.25) is 0 Å². The van der Waals surface area contributed by atoms with E-state index in [1.54, 1.807) is 12.1 Å². The summed E-state index contributed by atoms with van der Waals surface area (Å²) in [6.07, 6.45) is 0.925. The van der Waals surface area contributed by atoms with Gasteiger partial charge in [-0.05, 0) is 37.7 Å². The highest BCUT2D eigenvalue weighted by molar-refractivity contribution is 5.94. The average Bonchev–Trinajstić information content (AvgIpc) is 3.08. The van der Waals surface area contributed by atoms with Crippen molar-refractivity contribution in [2.45, 2.75) is 19.4 Å². The normalized spacial score (nSPS) is 22.3. The van der Waals surface area contributed by atoms with Gasteiger partial charge in [0.25, 0.3) is 5.91 Å². The molecule has 0 radical (unpaired) electrons. The number of anilines is 1. The first-order chi connectivity index (χ1) is 11.2. The van der Waals surface area contributed by atoms with Crippen LogP contribution in [-0.2, 0) is 0 Å². The van der Waals surface area contributed by atoms with E-state index in [-0.39, 0.29) is 17.8 Å². The molecule has 3 rings (SSSR count). The number of likely N-dealkylation sites (N-methyl/N-ethyl adjacent to an activating group) is 1. The predicted octanol–water partition coefficient (Wildman–Crippen LogP) is 1.06. The summed E-state index contributed by atoms with van der Waals surface area (Å²) in [6, 6.07) is 4.97. The van der Waals surface area contributed by atoms with Crippen LogP contribution in [0.5, 0.6) is 0 Å². The first-order valence-corrected chi connectivity index (χ1v) is 8.46. The van der Waals surface area contributed by atoms with E-state index in [1.165, 1.54) is 6.07 Å². The molecule has 2 aliphatic rings. The van der Waals surface area contributed by atoms with E-state index >= 15 is 0 Å². The zero-order valence-electron chi connectivity index (χ0n) is 13.6. The van der Waals surface area contributed by atoms with Gasteiger partial charge in [-0.2, -0.15) is 0 Å². The third-order valence-electron chi connectivity index (χ3n) is 4.77. The molecule has 1 atom stereocenters. The molecule has 2 saturated heterocycles. The highest BCUT2D eigenvalue weighted by atomic mass is 19.1. The number of halogens is 1. The van der Waals surface area contributed by atoms with Crippen molar-refractivity contribution in [3.63, 3.8) is 0 Å². The van der Waals surface area contributed by atoms with Gasteiger partial charge >= 0.3 is 0 Å². The van der Waals surface area contributed by atoms with Crippen LogP contribution in [0.25, 0.3) is 0 Å². The molecule has 0 aliphatic carbocycles. The number of amides is 1. The van der Waals surface area contributed by atoms with E-state index in [2.05, 4.69) is 27.4 Å². The molecule has 6 heteroatoms. The molecule has 2 N–H and O–H groups in total. The molecule has 1 aromatic rings. The van der Waals surface area contributed by atoms with E-state index in [4.69, 9.17) is 0 Å². The molecule has 1 amide bonds. The lowest BCUT2D eigenvalue weighted by molar-refractivity contribution is 0.0939. The Labute approximate surface area is 136 Å². The average molecular weight is 320 g/mol. The molecule has 0 spiro atoms. The maximum absolute atomic E-state index is 14.4. The fourth-order valence-corrected chi connectivity index (χ4v) is 3.26. The number of rotatable bonds is 4. The van der Waals surface area contributed by atoms with Gasteiger partial charge in [-0.25, -0.2) is 4.39 Å². The SMILES string of the molecule is CCN1CCN(c2ccc(C(=O)NC3CCNC3)cc2F)CC1. The summed E-state index contributed by atoms with van der Waals surface area (Å²) in [6.45, 7) is 8.43. The van der Waals surface area contributed by atoms with Gasteiger partial charge in [0, 0.05) is 44.3 Å². The Bertz CT molecular complexity index is 552. The molecule has 0 aromatic heterocycles. The van der Waals surface area contributed by atoms with Gasteiger partial charge in [-0.15, -0.1) is 0 Å². The summed E-state index contributed by atoms with van der Waals surface area (Å²) in [4.78, 5) is 16.6. The molecular weight excluding hydrogens is 295 g/mol. The van der Waals surface area contributed by atoms with Crippen LogP contribution in [0.3, 0.4) is 0 Å². The van der Waals surface area contributed by atoms with Gasteiger partial charge in [0.05, 0.1) is 5.69 Å². The number of carbonyl (C=O) groups excluding carboxylic acids is 1. The molecule has 23 heavy (non-hydrogen) atoms. The van der Waals surface area contributed by atoms with E-state index in [0.29, 0.717) is 11.3 Å². The monoisotopic (exact) mass is 320 g/mol. The molecule has 2 heterocycles. The fraction of sp³-hybridized carbons (Fsp3) is 0.588. The third-order valence-corrected chi connectivity index (χ3v) is 4.77. The lowest BCUT2D eigenvalue weighted by Gasteiger charge is -2.35. The molecular formula is C17H25FN4O. The Morgan fingerprint density at radius 2 is 2.13 bits per heavy atom. The molecule has 2 fully saturated rings. The van der Waals surface area contributed by atoms with Crippen molar-refractivity contribution < 1.29 is 9.18 Å². The minimum atomic E-state index is -0.313. The number of nitrogens with one attached hydrogen (secondary N) is 2. The number of nitrogens with zero attached hydrogens (tertiary/aromatic N) is 2. The number of hydrogen-bond donors (Lipinski definition) is 2. The van der Waals surface area contributed by atoms with Crippen LogP contribution in [0.1, 0.15) is 23.7 Å². The first-order valence-electron chi connectivity index (χ1n) is 8.46. The zero-order chi connectivity index (χ0) is 16.2. The maximum Gasteiger partial charge on any atom is 0.251 e. The number of piperazine rings is 1. The number of hydrogen-bond acceptors (Lipinski definition) is 4.